The van der Waals surface area contributed by atoms with Gasteiger partial charge in [-0.3, -0.25) is 4.79 Å². The predicted molar refractivity (Wildman–Crippen MR) is 111 cm³/mol. The van der Waals surface area contributed by atoms with Gasteiger partial charge in [-0.05, 0) is 48.1 Å². The van der Waals surface area contributed by atoms with Crippen LogP contribution in [0.15, 0.2) is 66.7 Å². The lowest BCUT2D eigenvalue weighted by molar-refractivity contribution is 0.101. The number of hydrogen-bond acceptors (Lipinski definition) is 1. The van der Waals surface area contributed by atoms with Crippen LogP contribution in [0, 0.1) is 5.82 Å². The van der Waals surface area contributed by atoms with Crippen LogP contribution in [0.4, 0.5) is 4.39 Å². The Bertz CT molecular complexity index is 908. The molecular formula is C25H25FO. The molecule has 0 bridgehead atoms. The molecule has 2 heteroatoms. The van der Waals surface area contributed by atoms with Crippen molar-refractivity contribution in [2.24, 2.45) is 0 Å². The number of halogens is 1. The van der Waals surface area contributed by atoms with Crippen molar-refractivity contribution in [3.63, 3.8) is 0 Å². The number of aryl methyl sites for hydroxylation is 1. The van der Waals surface area contributed by atoms with Crippen molar-refractivity contribution < 1.29 is 9.18 Å². The maximum Gasteiger partial charge on any atom is 0.159 e. The molecule has 0 saturated carbocycles. The lowest BCUT2D eigenvalue weighted by Crippen LogP contribution is -1.92. The van der Waals surface area contributed by atoms with Gasteiger partial charge in [0.2, 0.25) is 0 Å². The molecule has 0 amide bonds. The SMILES string of the molecule is CCCCCc1ccc(-c2ccc(-c3ccc(C(C)=O)cc3)c(F)c2)cc1. The molecule has 0 aliphatic carbocycles. The largest absolute Gasteiger partial charge is 0.295 e. The van der Waals surface area contributed by atoms with Crippen LogP contribution in [0.2, 0.25) is 0 Å². The van der Waals surface area contributed by atoms with Crippen LogP contribution in [0.1, 0.15) is 49.0 Å². The minimum absolute atomic E-state index is 0.00973. The molecule has 0 unspecified atom stereocenters. The molecule has 0 spiro atoms. The van der Waals surface area contributed by atoms with Crippen LogP contribution >= 0.6 is 0 Å². The van der Waals surface area contributed by atoms with E-state index in [0.717, 1.165) is 23.1 Å². The second-order valence-electron chi connectivity index (χ2n) is 6.98. The molecule has 3 aromatic carbocycles. The maximum atomic E-state index is 14.7. The average Bonchev–Trinajstić information content (AvgIpc) is 2.69. The van der Waals surface area contributed by atoms with E-state index in [4.69, 9.17) is 0 Å². The first kappa shape index (κ1) is 19.0. The topological polar surface area (TPSA) is 17.1 Å². The summed E-state index contributed by atoms with van der Waals surface area (Å²) in [6.07, 6.45) is 4.78. The molecule has 0 atom stereocenters. The van der Waals surface area contributed by atoms with Crippen molar-refractivity contribution in [1.82, 2.24) is 0 Å². The highest BCUT2D eigenvalue weighted by molar-refractivity contribution is 5.94. The molecule has 3 rings (SSSR count). The number of carbonyl (C=O) groups excluding carboxylic acids is 1. The quantitative estimate of drug-likeness (QED) is 0.324. The van der Waals surface area contributed by atoms with Gasteiger partial charge in [0.05, 0.1) is 0 Å². The first-order valence-corrected chi connectivity index (χ1v) is 9.58. The summed E-state index contributed by atoms with van der Waals surface area (Å²) in [5, 5.41) is 0. The molecule has 0 aliphatic heterocycles. The average molecular weight is 360 g/mol. The molecule has 0 heterocycles. The van der Waals surface area contributed by atoms with E-state index in [1.54, 1.807) is 30.3 Å². The van der Waals surface area contributed by atoms with Gasteiger partial charge in [-0.1, -0.05) is 80.4 Å². The van der Waals surface area contributed by atoms with Crippen molar-refractivity contribution >= 4 is 5.78 Å². The van der Waals surface area contributed by atoms with Gasteiger partial charge in [-0.15, -0.1) is 0 Å². The molecule has 0 N–H and O–H groups in total. The Morgan fingerprint density at radius 2 is 1.44 bits per heavy atom. The third-order valence-corrected chi connectivity index (χ3v) is 4.93. The van der Waals surface area contributed by atoms with E-state index in [0.29, 0.717) is 11.1 Å². The van der Waals surface area contributed by atoms with Gasteiger partial charge in [0, 0.05) is 11.1 Å². The minimum Gasteiger partial charge on any atom is -0.295 e. The Morgan fingerprint density at radius 1 is 0.815 bits per heavy atom. The lowest BCUT2D eigenvalue weighted by atomic mass is 9.97. The van der Waals surface area contributed by atoms with Crippen molar-refractivity contribution in [2.75, 3.05) is 0 Å². The van der Waals surface area contributed by atoms with E-state index in [2.05, 4.69) is 31.2 Å². The first-order valence-electron chi connectivity index (χ1n) is 9.58. The lowest BCUT2D eigenvalue weighted by Gasteiger charge is -2.08. The van der Waals surface area contributed by atoms with Gasteiger partial charge in [-0.25, -0.2) is 4.39 Å². The van der Waals surface area contributed by atoms with Gasteiger partial charge in [0.25, 0.3) is 0 Å². The molecule has 0 fully saturated rings. The van der Waals surface area contributed by atoms with Crippen LogP contribution in [0.25, 0.3) is 22.3 Å². The van der Waals surface area contributed by atoms with E-state index in [1.165, 1.54) is 31.7 Å². The van der Waals surface area contributed by atoms with Gasteiger partial charge < -0.3 is 0 Å². The predicted octanol–water partition coefficient (Wildman–Crippen LogP) is 7.10. The minimum atomic E-state index is -0.255. The number of Topliss-reactive ketones (excluding diaryl/α,β-unsaturated/α-hetero) is 1. The summed E-state index contributed by atoms with van der Waals surface area (Å²) in [7, 11) is 0. The summed E-state index contributed by atoms with van der Waals surface area (Å²) in [6.45, 7) is 3.73. The summed E-state index contributed by atoms with van der Waals surface area (Å²) in [4.78, 5) is 11.4. The summed E-state index contributed by atoms with van der Waals surface area (Å²) in [6, 6.07) is 20.8. The van der Waals surface area contributed by atoms with Gasteiger partial charge >= 0.3 is 0 Å². The summed E-state index contributed by atoms with van der Waals surface area (Å²) in [5.41, 5.74) is 5.17. The Balaban J connectivity index is 1.79. The van der Waals surface area contributed by atoms with Gasteiger partial charge in [0.15, 0.2) is 5.78 Å². The van der Waals surface area contributed by atoms with Crippen molar-refractivity contribution in [1.29, 1.82) is 0 Å². The van der Waals surface area contributed by atoms with Crippen LogP contribution in [0.5, 0.6) is 0 Å². The first-order chi connectivity index (χ1) is 13.1. The summed E-state index contributed by atoms with van der Waals surface area (Å²) >= 11 is 0. The Hall–Kier alpha value is -2.74. The molecule has 27 heavy (non-hydrogen) atoms. The zero-order valence-electron chi connectivity index (χ0n) is 16.0. The highest BCUT2D eigenvalue weighted by Gasteiger charge is 2.08. The normalized spacial score (nSPS) is 10.8. The Kier molecular flexibility index (Phi) is 6.18. The van der Waals surface area contributed by atoms with Gasteiger partial charge in [0.1, 0.15) is 5.82 Å². The molecule has 0 saturated heterocycles. The molecule has 0 aliphatic rings. The molecular weight excluding hydrogens is 335 g/mol. The zero-order valence-corrected chi connectivity index (χ0v) is 16.0. The molecule has 1 nitrogen and oxygen atoms in total. The number of rotatable bonds is 7. The van der Waals surface area contributed by atoms with E-state index in [9.17, 15) is 9.18 Å². The van der Waals surface area contributed by atoms with Crippen LogP contribution in [-0.4, -0.2) is 5.78 Å². The van der Waals surface area contributed by atoms with Crippen molar-refractivity contribution in [3.8, 4) is 22.3 Å². The zero-order chi connectivity index (χ0) is 19.2. The fourth-order valence-electron chi connectivity index (χ4n) is 3.26. The second kappa shape index (κ2) is 8.77. The van der Waals surface area contributed by atoms with E-state index in [1.807, 2.05) is 12.1 Å². The third kappa shape index (κ3) is 4.71. The fraction of sp³-hybridized carbons (Fsp3) is 0.240. The van der Waals surface area contributed by atoms with Crippen LogP contribution in [-0.2, 0) is 6.42 Å². The number of unbranched alkanes of at least 4 members (excludes halogenated alkanes) is 2. The highest BCUT2D eigenvalue weighted by Crippen LogP contribution is 2.28. The number of carbonyl (C=O) groups is 1. The second-order valence-corrected chi connectivity index (χ2v) is 6.98. The van der Waals surface area contributed by atoms with Crippen molar-refractivity contribution in [2.45, 2.75) is 39.5 Å². The number of benzene rings is 3. The Morgan fingerprint density at radius 3 is 2.04 bits per heavy atom. The molecule has 138 valence electrons. The monoisotopic (exact) mass is 360 g/mol. The van der Waals surface area contributed by atoms with E-state index < -0.39 is 0 Å². The Labute approximate surface area is 160 Å². The highest BCUT2D eigenvalue weighted by atomic mass is 19.1. The van der Waals surface area contributed by atoms with E-state index >= 15 is 0 Å². The van der Waals surface area contributed by atoms with Crippen molar-refractivity contribution in [3.05, 3.63) is 83.7 Å². The van der Waals surface area contributed by atoms with E-state index in [-0.39, 0.29) is 11.6 Å². The summed E-state index contributed by atoms with van der Waals surface area (Å²) < 4.78 is 14.7. The summed E-state index contributed by atoms with van der Waals surface area (Å²) in [5.74, 6) is -0.245. The standard InChI is InChI=1S/C25H25FO/c1-3-4-5-6-19-7-9-21(10-8-19)23-15-16-24(25(26)17-23)22-13-11-20(12-14-22)18(2)27/h7-17H,3-6H2,1-2H3. The van der Waals surface area contributed by atoms with Crippen LogP contribution in [0.3, 0.4) is 0 Å². The van der Waals surface area contributed by atoms with Crippen LogP contribution < -0.4 is 0 Å². The fourth-order valence-corrected chi connectivity index (χ4v) is 3.26. The molecule has 3 aromatic rings. The number of ketones is 1. The van der Waals surface area contributed by atoms with Gasteiger partial charge in [-0.2, -0.15) is 0 Å². The molecule has 0 radical (unpaired) electrons. The third-order valence-electron chi connectivity index (χ3n) is 4.93. The maximum absolute atomic E-state index is 14.7. The smallest absolute Gasteiger partial charge is 0.159 e. The molecule has 0 aromatic heterocycles. The number of hydrogen-bond donors (Lipinski definition) is 0.